The molecule has 36 heavy (non-hydrogen) atoms. The number of nitrogens with two attached hydrogens (primary N) is 1. The van der Waals surface area contributed by atoms with E-state index in [1.165, 1.54) is 42.5 Å². The number of rotatable bonds is 3. The Morgan fingerprint density at radius 2 is 1.61 bits per heavy atom. The lowest BCUT2D eigenvalue weighted by molar-refractivity contribution is -0.138. The van der Waals surface area contributed by atoms with Crippen LogP contribution in [-0.2, 0) is 17.1 Å². The highest BCUT2D eigenvalue weighted by atomic mass is 19.4. The number of likely N-dealkylation sites (N-methyl/N-ethyl adjacent to an activating group) is 1. The van der Waals surface area contributed by atoms with Gasteiger partial charge in [-0.1, -0.05) is 43.3 Å². The number of hydrogen-bond acceptors (Lipinski definition) is 4. The van der Waals surface area contributed by atoms with Gasteiger partial charge < -0.3 is 10.5 Å². The molecule has 2 aromatic rings. The average molecular weight is 505 g/mol. The van der Waals surface area contributed by atoms with Crippen molar-refractivity contribution in [2.24, 2.45) is 5.73 Å². The predicted octanol–water partition coefficient (Wildman–Crippen LogP) is 6.21. The smallest absolute Gasteiger partial charge is 0.416 e. The fourth-order valence-electron chi connectivity index (χ4n) is 4.60. The largest absolute Gasteiger partial charge is 0.440 e. The van der Waals surface area contributed by atoms with E-state index in [4.69, 9.17) is 10.5 Å². The van der Waals surface area contributed by atoms with Gasteiger partial charge in [-0.2, -0.15) is 31.6 Å². The zero-order valence-corrected chi connectivity index (χ0v) is 19.0. The Labute approximate surface area is 203 Å². The topological polar surface area (TPSA) is 62.3 Å². The van der Waals surface area contributed by atoms with E-state index in [-0.39, 0.29) is 41.4 Å². The monoisotopic (exact) mass is 505 g/mol. The summed E-state index contributed by atoms with van der Waals surface area (Å²) in [6, 6.07) is 11.8. The first-order valence-electron chi connectivity index (χ1n) is 11.0. The summed E-state index contributed by atoms with van der Waals surface area (Å²) in [5.41, 5.74) is 4.41. The molecule has 0 aliphatic carbocycles. The molecule has 2 aromatic carbocycles. The summed E-state index contributed by atoms with van der Waals surface area (Å²) in [6.07, 6.45) is -8.00. The number of benzene rings is 2. The third-order valence-electron chi connectivity index (χ3n) is 6.23. The van der Waals surface area contributed by atoms with Gasteiger partial charge in [0.15, 0.2) is 0 Å². The van der Waals surface area contributed by atoms with Gasteiger partial charge in [0.25, 0.3) is 0 Å². The number of nitrogens with zero attached hydrogens (tertiary/aromatic N) is 2. The van der Waals surface area contributed by atoms with E-state index < -0.39 is 29.4 Å². The summed E-state index contributed by atoms with van der Waals surface area (Å²) in [5.74, 6) is -1.46. The molecule has 0 aromatic heterocycles. The molecule has 1 atom stereocenters. The summed E-state index contributed by atoms with van der Waals surface area (Å²) >= 11 is 0. The molecule has 4 nitrogen and oxygen atoms in total. The van der Waals surface area contributed by atoms with Crippen LogP contribution in [0.5, 0.6) is 0 Å². The Kier molecular flexibility index (Phi) is 6.62. The Bertz CT molecular complexity index is 1310. The summed E-state index contributed by atoms with van der Waals surface area (Å²) in [7, 11) is 0. The van der Waals surface area contributed by atoms with Crippen molar-refractivity contribution in [1.29, 1.82) is 5.26 Å². The Morgan fingerprint density at radius 3 is 2.22 bits per heavy atom. The van der Waals surface area contributed by atoms with E-state index in [1.807, 2.05) is 17.9 Å². The fraction of sp³-hybridized carbons (Fsp3) is 0.269. The minimum Gasteiger partial charge on any atom is -0.440 e. The van der Waals surface area contributed by atoms with Crippen LogP contribution in [0.25, 0.3) is 6.08 Å². The van der Waals surface area contributed by atoms with Crippen molar-refractivity contribution in [2.75, 3.05) is 19.6 Å². The lowest BCUT2D eigenvalue weighted by Crippen LogP contribution is -2.38. The first-order valence-corrected chi connectivity index (χ1v) is 11.0. The number of halogens is 6. The van der Waals surface area contributed by atoms with E-state index in [0.717, 1.165) is 12.1 Å². The molecular formula is C26H21F6N3O. The molecular weight excluding hydrogens is 484 g/mol. The van der Waals surface area contributed by atoms with Crippen LogP contribution in [0, 0.1) is 11.3 Å². The van der Waals surface area contributed by atoms with Gasteiger partial charge >= 0.3 is 12.4 Å². The maximum atomic E-state index is 13.9. The van der Waals surface area contributed by atoms with Crippen molar-refractivity contribution in [1.82, 2.24) is 4.90 Å². The summed E-state index contributed by atoms with van der Waals surface area (Å²) < 4.78 is 88.3. The zero-order chi connectivity index (χ0) is 26.3. The molecule has 2 N–H and O–H groups in total. The first kappa shape index (κ1) is 25.4. The van der Waals surface area contributed by atoms with Gasteiger partial charge in [-0.15, -0.1) is 0 Å². The van der Waals surface area contributed by atoms with Crippen LogP contribution in [0.4, 0.5) is 26.3 Å². The van der Waals surface area contributed by atoms with Crippen LogP contribution in [0.15, 0.2) is 76.9 Å². The summed E-state index contributed by atoms with van der Waals surface area (Å²) in [5, 5.41) is 9.80. The van der Waals surface area contributed by atoms with Crippen molar-refractivity contribution in [3.8, 4) is 6.07 Å². The SMILES string of the molecule is CCN1CC2=C(OC(N)=C(C#N)[C@H]2c2ccccc2C(F)(F)F)/C(=C\c2ccccc2C(F)(F)F)C1. The van der Waals surface area contributed by atoms with E-state index in [9.17, 15) is 31.6 Å². The quantitative estimate of drug-likeness (QED) is 0.505. The van der Waals surface area contributed by atoms with Gasteiger partial charge in [0, 0.05) is 18.7 Å². The van der Waals surface area contributed by atoms with Gasteiger partial charge in [0.2, 0.25) is 5.88 Å². The maximum Gasteiger partial charge on any atom is 0.416 e. The minimum atomic E-state index is -4.70. The highest BCUT2D eigenvalue weighted by Crippen LogP contribution is 2.47. The third-order valence-corrected chi connectivity index (χ3v) is 6.23. The van der Waals surface area contributed by atoms with Gasteiger partial charge in [0.05, 0.1) is 17.0 Å². The number of allylic oxidation sites excluding steroid dienone is 1. The number of ether oxygens (including phenoxy) is 1. The first-order chi connectivity index (χ1) is 17.0. The molecule has 2 aliphatic rings. The normalized spacial score (nSPS) is 20.3. The summed E-state index contributed by atoms with van der Waals surface area (Å²) in [6.45, 7) is 2.62. The van der Waals surface area contributed by atoms with Crippen molar-refractivity contribution in [2.45, 2.75) is 25.2 Å². The molecule has 10 heteroatoms. The molecule has 2 heterocycles. The second-order valence-electron chi connectivity index (χ2n) is 8.42. The molecule has 0 saturated heterocycles. The molecule has 0 saturated carbocycles. The van der Waals surface area contributed by atoms with E-state index in [2.05, 4.69) is 0 Å². The number of nitriles is 1. The van der Waals surface area contributed by atoms with E-state index in [1.54, 1.807) is 0 Å². The van der Waals surface area contributed by atoms with E-state index in [0.29, 0.717) is 17.7 Å². The molecule has 0 fully saturated rings. The van der Waals surface area contributed by atoms with Gasteiger partial charge in [-0.3, -0.25) is 4.90 Å². The number of hydrogen-bond donors (Lipinski definition) is 1. The van der Waals surface area contributed by atoms with E-state index >= 15 is 0 Å². The van der Waals surface area contributed by atoms with Crippen LogP contribution < -0.4 is 5.73 Å². The average Bonchev–Trinajstić information content (AvgIpc) is 2.82. The van der Waals surface area contributed by atoms with Crippen LogP contribution in [0.1, 0.15) is 35.1 Å². The Hall–Kier alpha value is -3.71. The highest BCUT2D eigenvalue weighted by molar-refractivity contribution is 5.65. The maximum absolute atomic E-state index is 13.9. The molecule has 4 rings (SSSR count). The second-order valence-corrected chi connectivity index (χ2v) is 8.42. The molecule has 0 amide bonds. The molecule has 188 valence electrons. The van der Waals surface area contributed by atoms with Crippen LogP contribution in [0.3, 0.4) is 0 Å². The number of alkyl halides is 6. The van der Waals surface area contributed by atoms with Gasteiger partial charge in [-0.05, 0) is 41.5 Å². The standard InChI is InChI=1S/C26H21F6N3O/c1-2-35-13-16(11-15-7-3-5-9-20(15)25(27,28)29)23-19(14-35)22(18(12-33)24(34)36-23)17-8-4-6-10-21(17)26(30,31)32/h3-11,22H,2,13-14,34H2,1H3/b16-11-/t22-/m1/s1. The summed E-state index contributed by atoms with van der Waals surface area (Å²) in [4.78, 5) is 1.85. The molecule has 0 bridgehead atoms. The molecule has 0 spiro atoms. The lowest BCUT2D eigenvalue weighted by Gasteiger charge is -2.38. The highest BCUT2D eigenvalue weighted by Gasteiger charge is 2.42. The van der Waals surface area contributed by atoms with Crippen LogP contribution in [-0.4, -0.2) is 24.5 Å². The lowest BCUT2D eigenvalue weighted by atomic mass is 9.78. The Balaban J connectivity index is 1.96. The predicted molar refractivity (Wildman–Crippen MR) is 121 cm³/mol. The van der Waals surface area contributed by atoms with Crippen molar-refractivity contribution in [3.05, 3.63) is 99.1 Å². The molecule has 2 aliphatic heterocycles. The fourth-order valence-corrected chi connectivity index (χ4v) is 4.60. The molecule has 0 unspecified atom stereocenters. The Morgan fingerprint density at radius 1 is 1.00 bits per heavy atom. The minimum absolute atomic E-state index is 0.0927. The second kappa shape index (κ2) is 9.39. The van der Waals surface area contributed by atoms with Crippen molar-refractivity contribution in [3.63, 3.8) is 0 Å². The third kappa shape index (κ3) is 4.71. The van der Waals surface area contributed by atoms with Crippen molar-refractivity contribution >= 4 is 6.08 Å². The van der Waals surface area contributed by atoms with Gasteiger partial charge in [-0.25, -0.2) is 0 Å². The zero-order valence-electron chi connectivity index (χ0n) is 19.0. The van der Waals surface area contributed by atoms with Crippen LogP contribution in [0.2, 0.25) is 0 Å². The van der Waals surface area contributed by atoms with Gasteiger partial charge in [0.1, 0.15) is 17.4 Å². The van der Waals surface area contributed by atoms with Crippen LogP contribution >= 0.6 is 0 Å². The van der Waals surface area contributed by atoms with Crippen molar-refractivity contribution < 1.29 is 31.1 Å². The molecule has 0 radical (unpaired) electrons.